The zero-order valence-electron chi connectivity index (χ0n) is 11.4. The molecule has 0 aromatic rings. The fraction of sp³-hybridized carbons (Fsp3) is 0.923. The molecule has 1 saturated carbocycles. The van der Waals surface area contributed by atoms with Gasteiger partial charge < -0.3 is 10.1 Å². The van der Waals surface area contributed by atoms with Crippen molar-refractivity contribution in [2.75, 3.05) is 0 Å². The number of alkyl halides is 3. The molecule has 0 radical (unpaired) electrons. The first-order valence-electron chi connectivity index (χ1n) is 6.81. The summed E-state index contributed by atoms with van der Waals surface area (Å²) in [6.45, 7) is 3.24. The lowest BCUT2D eigenvalue weighted by atomic mass is 9.94. The highest BCUT2D eigenvalue weighted by Crippen LogP contribution is 2.26. The van der Waals surface area contributed by atoms with Crippen molar-refractivity contribution in [3.05, 3.63) is 0 Å². The van der Waals surface area contributed by atoms with E-state index in [1.807, 2.05) is 0 Å². The molecule has 0 aliphatic heterocycles. The minimum Gasteiger partial charge on any atom is -0.463 e. The van der Waals surface area contributed by atoms with E-state index in [-0.39, 0.29) is 6.04 Å². The molecule has 6 heteroatoms. The second kappa shape index (κ2) is 7.12. The van der Waals surface area contributed by atoms with Crippen molar-refractivity contribution < 1.29 is 22.7 Å². The van der Waals surface area contributed by atoms with Gasteiger partial charge in [0, 0.05) is 6.04 Å². The number of ether oxygens (including phenoxy) is 1. The molecule has 0 aromatic heterocycles. The average Bonchev–Trinajstić information content (AvgIpc) is 2.27. The summed E-state index contributed by atoms with van der Waals surface area (Å²) in [5, 5.41) is 2.57. The highest BCUT2D eigenvalue weighted by Gasteiger charge is 2.42. The molecule has 0 bridgehead atoms. The van der Waals surface area contributed by atoms with Crippen LogP contribution in [0.1, 0.15) is 52.4 Å². The third kappa shape index (κ3) is 6.27. The molecule has 0 heterocycles. The molecular weight excluding hydrogens is 259 g/mol. The Kier molecular flexibility index (Phi) is 6.10. The normalized spacial score (nSPS) is 19.5. The largest absolute Gasteiger partial charge is 0.463 e. The van der Waals surface area contributed by atoms with E-state index in [9.17, 15) is 18.0 Å². The van der Waals surface area contributed by atoms with Crippen LogP contribution in [0.2, 0.25) is 0 Å². The van der Waals surface area contributed by atoms with Crippen LogP contribution < -0.4 is 5.32 Å². The van der Waals surface area contributed by atoms with Crippen LogP contribution in [0, 0.1) is 0 Å². The van der Waals surface area contributed by atoms with Crippen LogP contribution in [0.5, 0.6) is 0 Å². The standard InChI is InChI=1S/C13H22F3NO2/c1-9(2)19-12(18)8-11(13(14,15)16)17-10-6-4-3-5-7-10/h9-11,17H,3-8H2,1-2H3/t11-/m0/s1. The van der Waals surface area contributed by atoms with Gasteiger partial charge in [-0.1, -0.05) is 19.3 Å². The topological polar surface area (TPSA) is 38.3 Å². The predicted octanol–water partition coefficient (Wildman–Crippen LogP) is 3.18. The molecule has 1 rings (SSSR count). The molecule has 0 aromatic carbocycles. The van der Waals surface area contributed by atoms with Crippen LogP contribution in [-0.4, -0.2) is 30.3 Å². The quantitative estimate of drug-likeness (QED) is 0.787. The molecule has 1 atom stereocenters. The Hall–Kier alpha value is -0.780. The molecule has 1 aliphatic carbocycles. The zero-order chi connectivity index (χ0) is 14.5. The van der Waals surface area contributed by atoms with Crippen LogP contribution in [0.15, 0.2) is 0 Å². The Morgan fingerprint density at radius 1 is 1.26 bits per heavy atom. The Labute approximate surface area is 111 Å². The number of hydrogen-bond donors (Lipinski definition) is 1. The Balaban J connectivity index is 2.54. The van der Waals surface area contributed by atoms with E-state index in [1.165, 1.54) is 0 Å². The summed E-state index contributed by atoms with van der Waals surface area (Å²) in [5.41, 5.74) is 0. The fourth-order valence-electron chi connectivity index (χ4n) is 2.30. The molecule has 0 amide bonds. The number of esters is 1. The van der Waals surface area contributed by atoms with Crippen LogP contribution in [0.3, 0.4) is 0 Å². The van der Waals surface area contributed by atoms with Gasteiger partial charge in [-0.05, 0) is 26.7 Å². The van der Waals surface area contributed by atoms with E-state index in [1.54, 1.807) is 13.8 Å². The van der Waals surface area contributed by atoms with E-state index >= 15 is 0 Å². The summed E-state index contributed by atoms with van der Waals surface area (Å²) >= 11 is 0. The number of rotatable bonds is 5. The smallest absolute Gasteiger partial charge is 0.404 e. The van der Waals surface area contributed by atoms with Crippen molar-refractivity contribution in [2.24, 2.45) is 0 Å². The lowest BCUT2D eigenvalue weighted by molar-refractivity contribution is -0.173. The molecule has 1 N–H and O–H groups in total. The fourth-order valence-corrected chi connectivity index (χ4v) is 2.30. The molecule has 112 valence electrons. The van der Waals surface area contributed by atoms with Gasteiger partial charge in [-0.15, -0.1) is 0 Å². The molecule has 0 saturated heterocycles. The van der Waals surface area contributed by atoms with Crippen LogP contribution in [-0.2, 0) is 9.53 Å². The summed E-state index contributed by atoms with van der Waals surface area (Å²) in [4.78, 5) is 11.4. The Bertz CT molecular complexity index is 286. The minimum atomic E-state index is -4.42. The van der Waals surface area contributed by atoms with Crippen molar-refractivity contribution in [3.63, 3.8) is 0 Å². The van der Waals surface area contributed by atoms with Gasteiger partial charge in [-0.2, -0.15) is 13.2 Å². The van der Waals surface area contributed by atoms with Gasteiger partial charge in [0.05, 0.1) is 12.5 Å². The van der Waals surface area contributed by atoms with Gasteiger partial charge in [0.1, 0.15) is 6.04 Å². The third-order valence-corrected chi connectivity index (χ3v) is 3.18. The number of hydrogen-bond acceptors (Lipinski definition) is 3. The number of nitrogens with one attached hydrogen (secondary N) is 1. The first kappa shape index (κ1) is 16.3. The molecule has 3 nitrogen and oxygen atoms in total. The Morgan fingerprint density at radius 2 is 1.84 bits per heavy atom. The number of carbonyl (C=O) groups is 1. The third-order valence-electron chi connectivity index (χ3n) is 3.18. The van der Waals surface area contributed by atoms with E-state index in [2.05, 4.69) is 5.32 Å². The minimum absolute atomic E-state index is 0.146. The highest BCUT2D eigenvalue weighted by molar-refractivity contribution is 5.70. The average molecular weight is 281 g/mol. The maximum atomic E-state index is 12.9. The SMILES string of the molecule is CC(C)OC(=O)C[C@H](NC1CCCCC1)C(F)(F)F. The van der Waals surface area contributed by atoms with E-state index in [0.29, 0.717) is 0 Å². The molecule has 1 fully saturated rings. The van der Waals surface area contributed by atoms with Crippen molar-refractivity contribution >= 4 is 5.97 Å². The molecule has 1 aliphatic rings. The second-order valence-electron chi connectivity index (χ2n) is 5.34. The zero-order valence-corrected chi connectivity index (χ0v) is 11.4. The van der Waals surface area contributed by atoms with Gasteiger partial charge >= 0.3 is 12.1 Å². The van der Waals surface area contributed by atoms with Crippen molar-refractivity contribution in [3.8, 4) is 0 Å². The summed E-state index contributed by atoms with van der Waals surface area (Å²) < 4.78 is 43.5. The van der Waals surface area contributed by atoms with Crippen molar-refractivity contribution in [1.82, 2.24) is 5.32 Å². The molecule has 19 heavy (non-hydrogen) atoms. The van der Waals surface area contributed by atoms with Crippen molar-refractivity contribution in [1.29, 1.82) is 0 Å². The van der Waals surface area contributed by atoms with Gasteiger partial charge in [0.25, 0.3) is 0 Å². The highest BCUT2D eigenvalue weighted by atomic mass is 19.4. The summed E-state index contributed by atoms with van der Waals surface area (Å²) in [6.07, 6.45) is -1.03. The molecule has 0 unspecified atom stereocenters. The first-order valence-corrected chi connectivity index (χ1v) is 6.81. The Morgan fingerprint density at radius 3 is 2.32 bits per heavy atom. The lowest BCUT2D eigenvalue weighted by Gasteiger charge is -2.29. The predicted molar refractivity (Wildman–Crippen MR) is 65.7 cm³/mol. The van der Waals surface area contributed by atoms with Gasteiger partial charge in [0.15, 0.2) is 0 Å². The summed E-state index contributed by atoms with van der Waals surface area (Å²) in [7, 11) is 0. The van der Waals surface area contributed by atoms with Gasteiger partial charge in [0.2, 0.25) is 0 Å². The molecule has 0 spiro atoms. The summed E-state index contributed by atoms with van der Waals surface area (Å²) in [6, 6.07) is -1.95. The maximum Gasteiger partial charge on any atom is 0.404 e. The lowest BCUT2D eigenvalue weighted by Crippen LogP contribution is -2.49. The maximum absolute atomic E-state index is 12.9. The number of carbonyl (C=O) groups excluding carboxylic acids is 1. The second-order valence-corrected chi connectivity index (χ2v) is 5.34. The van der Waals surface area contributed by atoms with E-state index in [0.717, 1.165) is 32.1 Å². The van der Waals surface area contributed by atoms with Crippen LogP contribution >= 0.6 is 0 Å². The number of halogens is 3. The van der Waals surface area contributed by atoms with E-state index in [4.69, 9.17) is 4.74 Å². The van der Waals surface area contributed by atoms with Crippen LogP contribution in [0.4, 0.5) is 13.2 Å². The first-order chi connectivity index (χ1) is 8.79. The van der Waals surface area contributed by atoms with Crippen LogP contribution in [0.25, 0.3) is 0 Å². The van der Waals surface area contributed by atoms with Gasteiger partial charge in [-0.3, -0.25) is 4.79 Å². The van der Waals surface area contributed by atoms with Crippen molar-refractivity contribution in [2.45, 2.75) is 76.7 Å². The summed E-state index contributed by atoms with van der Waals surface area (Å²) in [5.74, 6) is -0.805. The monoisotopic (exact) mass is 281 g/mol. The van der Waals surface area contributed by atoms with E-state index < -0.39 is 30.7 Å². The molecular formula is C13H22F3NO2. The van der Waals surface area contributed by atoms with Gasteiger partial charge in [-0.25, -0.2) is 0 Å².